The van der Waals surface area contributed by atoms with Crippen LogP contribution in [0.1, 0.15) is 24.5 Å². The molecule has 104 valence electrons. The molecular weight excluding hydrogens is 238 g/mol. The number of ether oxygens (including phenoxy) is 1. The predicted molar refractivity (Wildman–Crippen MR) is 76.1 cm³/mol. The molecule has 3 nitrogen and oxygen atoms in total. The minimum Gasteiger partial charge on any atom is -0.378 e. The van der Waals surface area contributed by atoms with E-state index in [1.54, 1.807) is 0 Å². The monoisotopic (exact) mass is 261 g/mol. The zero-order valence-corrected chi connectivity index (χ0v) is 11.9. The van der Waals surface area contributed by atoms with Gasteiger partial charge >= 0.3 is 0 Å². The molecule has 0 radical (unpaired) electrons. The van der Waals surface area contributed by atoms with E-state index in [2.05, 4.69) is 38.1 Å². The Kier molecular flexibility index (Phi) is 4.97. The fourth-order valence-electron chi connectivity index (χ4n) is 2.46. The van der Waals surface area contributed by atoms with Crippen LogP contribution in [0.3, 0.4) is 0 Å². The maximum atomic E-state index is 12.5. The molecular formula is C16H23NO2. The highest BCUT2D eigenvalue weighted by Crippen LogP contribution is 2.16. The van der Waals surface area contributed by atoms with E-state index >= 15 is 0 Å². The third kappa shape index (κ3) is 3.80. The number of nitrogens with zero attached hydrogens (tertiary/aromatic N) is 1. The van der Waals surface area contributed by atoms with E-state index in [1.807, 2.05) is 4.90 Å². The first-order valence-electron chi connectivity index (χ1n) is 7.12. The van der Waals surface area contributed by atoms with E-state index in [1.165, 1.54) is 11.1 Å². The lowest BCUT2D eigenvalue weighted by Gasteiger charge is -2.30. The van der Waals surface area contributed by atoms with Crippen molar-refractivity contribution in [2.24, 2.45) is 5.92 Å². The summed E-state index contributed by atoms with van der Waals surface area (Å²) in [6, 6.07) is 8.48. The zero-order valence-electron chi connectivity index (χ0n) is 11.9. The van der Waals surface area contributed by atoms with Gasteiger partial charge in [0.1, 0.15) is 0 Å². The first-order chi connectivity index (χ1) is 9.20. The predicted octanol–water partition coefficient (Wildman–Crippen LogP) is 2.42. The van der Waals surface area contributed by atoms with Gasteiger partial charge in [-0.25, -0.2) is 0 Å². The number of morpholine rings is 1. The topological polar surface area (TPSA) is 29.5 Å². The minimum absolute atomic E-state index is 0.0980. The molecule has 19 heavy (non-hydrogen) atoms. The number of carbonyl (C=O) groups is 1. The second-order valence-corrected chi connectivity index (χ2v) is 5.23. The van der Waals surface area contributed by atoms with Crippen LogP contribution in [-0.4, -0.2) is 37.1 Å². The summed E-state index contributed by atoms with van der Waals surface area (Å²) in [4.78, 5) is 14.4. The molecule has 1 aromatic carbocycles. The van der Waals surface area contributed by atoms with E-state index in [-0.39, 0.29) is 11.8 Å². The Bertz CT molecular complexity index is 407. The molecule has 1 aromatic rings. The normalized spacial score (nSPS) is 17.3. The van der Waals surface area contributed by atoms with Gasteiger partial charge in [0.2, 0.25) is 5.91 Å². The number of hydrogen-bond acceptors (Lipinski definition) is 2. The molecule has 2 rings (SSSR count). The molecule has 3 heteroatoms. The second kappa shape index (κ2) is 6.71. The van der Waals surface area contributed by atoms with Crippen LogP contribution in [0.15, 0.2) is 24.3 Å². The number of benzene rings is 1. The minimum atomic E-state index is 0.0980. The Balaban J connectivity index is 1.98. The number of rotatable bonds is 4. The van der Waals surface area contributed by atoms with Gasteiger partial charge < -0.3 is 9.64 Å². The Morgan fingerprint density at radius 2 is 1.89 bits per heavy atom. The standard InChI is InChI=1S/C16H23NO2/c1-3-15(12-14-6-4-13(2)5-7-14)16(18)17-8-10-19-11-9-17/h4-7,15H,3,8-12H2,1-2H3. The van der Waals surface area contributed by atoms with E-state index in [4.69, 9.17) is 4.74 Å². The summed E-state index contributed by atoms with van der Waals surface area (Å²) in [6.07, 6.45) is 1.73. The first kappa shape index (κ1) is 14.1. The van der Waals surface area contributed by atoms with Crippen LogP contribution in [0.5, 0.6) is 0 Å². The molecule has 0 bridgehead atoms. The van der Waals surface area contributed by atoms with E-state index in [9.17, 15) is 4.79 Å². The van der Waals surface area contributed by atoms with Gasteiger partial charge in [0.05, 0.1) is 13.2 Å². The molecule has 1 saturated heterocycles. The van der Waals surface area contributed by atoms with Gasteiger partial charge in [0.25, 0.3) is 0 Å². The zero-order chi connectivity index (χ0) is 13.7. The largest absolute Gasteiger partial charge is 0.378 e. The van der Waals surface area contributed by atoms with Crippen molar-refractivity contribution in [3.8, 4) is 0 Å². The highest BCUT2D eigenvalue weighted by atomic mass is 16.5. The number of aryl methyl sites for hydroxylation is 1. The van der Waals surface area contributed by atoms with Crippen molar-refractivity contribution in [3.63, 3.8) is 0 Å². The van der Waals surface area contributed by atoms with Crippen molar-refractivity contribution in [2.45, 2.75) is 26.7 Å². The van der Waals surface area contributed by atoms with Crippen molar-refractivity contribution in [1.82, 2.24) is 4.90 Å². The Hall–Kier alpha value is -1.35. The van der Waals surface area contributed by atoms with Crippen LogP contribution >= 0.6 is 0 Å². The van der Waals surface area contributed by atoms with Crippen LogP contribution < -0.4 is 0 Å². The van der Waals surface area contributed by atoms with E-state index in [0.29, 0.717) is 13.2 Å². The molecule has 1 aliphatic heterocycles. The highest BCUT2D eigenvalue weighted by molar-refractivity contribution is 5.79. The lowest BCUT2D eigenvalue weighted by Crippen LogP contribution is -2.44. The molecule has 0 spiro atoms. The fourth-order valence-corrected chi connectivity index (χ4v) is 2.46. The summed E-state index contributed by atoms with van der Waals surface area (Å²) in [7, 11) is 0. The number of carbonyl (C=O) groups excluding carboxylic acids is 1. The molecule has 0 N–H and O–H groups in total. The maximum Gasteiger partial charge on any atom is 0.226 e. The van der Waals surface area contributed by atoms with Gasteiger partial charge in [-0.2, -0.15) is 0 Å². The summed E-state index contributed by atoms with van der Waals surface area (Å²) < 4.78 is 5.30. The maximum absolute atomic E-state index is 12.5. The molecule has 1 fully saturated rings. The van der Waals surface area contributed by atoms with Gasteiger partial charge in [-0.3, -0.25) is 4.79 Å². The van der Waals surface area contributed by atoms with Crippen molar-refractivity contribution < 1.29 is 9.53 Å². The van der Waals surface area contributed by atoms with Gasteiger partial charge in [0.15, 0.2) is 0 Å². The molecule has 1 aliphatic rings. The van der Waals surface area contributed by atoms with E-state index < -0.39 is 0 Å². The molecule has 0 saturated carbocycles. The quantitative estimate of drug-likeness (QED) is 0.833. The molecule has 1 unspecified atom stereocenters. The summed E-state index contributed by atoms with van der Waals surface area (Å²) in [5.74, 6) is 0.382. The smallest absolute Gasteiger partial charge is 0.226 e. The third-order valence-electron chi connectivity index (χ3n) is 3.77. The summed E-state index contributed by atoms with van der Waals surface area (Å²) in [5.41, 5.74) is 2.51. The average Bonchev–Trinajstić information content (AvgIpc) is 2.47. The third-order valence-corrected chi connectivity index (χ3v) is 3.77. The number of hydrogen-bond donors (Lipinski definition) is 0. The molecule has 1 heterocycles. The van der Waals surface area contributed by atoms with Gasteiger partial charge in [-0.1, -0.05) is 36.8 Å². The van der Waals surface area contributed by atoms with Crippen LogP contribution in [0, 0.1) is 12.8 Å². The lowest BCUT2D eigenvalue weighted by molar-refractivity contribution is -0.139. The van der Waals surface area contributed by atoms with Crippen molar-refractivity contribution in [1.29, 1.82) is 0 Å². The SMILES string of the molecule is CCC(Cc1ccc(C)cc1)C(=O)N1CCOCC1. The molecule has 0 aromatic heterocycles. The summed E-state index contributed by atoms with van der Waals surface area (Å²) >= 11 is 0. The lowest BCUT2D eigenvalue weighted by atomic mass is 9.95. The number of amides is 1. The molecule has 1 amide bonds. The second-order valence-electron chi connectivity index (χ2n) is 5.23. The fraction of sp³-hybridized carbons (Fsp3) is 0.562. The van der Waals surface area contributed by atoms with Crippen molar-refractivity contribution in [3.05, 3.63) is 35.4 Å². The van der Waals surface area contributed by atoms with Gasteiger partial charge in [0, 0.05) is 19.0 Å². The van der Waals surface area contributed by atoms with Crippen molar-refractivity contribution >= 4 is 5.91 Å². The molecule has 1 atom stereocenters. The Morgan fingerprint density at radius 1 is 1.26 bits per heavy atom. The van der Waals surface area contributed by atoms with E-state index in [0.717, 1.165) is 25.9 Å². The van der Waals surface area contributed by atoms with Crippen LogP contribution in [0.4, 0.5) is 0 Å². The summed E-state index contributed by atoms with van der Waals surface area (Å²) in [5, 5.41) is 0. The first-order valence-corrected chi connectivity index (χ1v) is 7.12. The van der Waals surface area contributed by atoms with Gasteiger partial charge in [-0.15, -0.1) is 0 Å². The highest BCUT2D eigenvalue weighted by Gasteiger charge is 2.24. The Morgan fingerprint density at radius 3 is 2.47 bits per heavy atom. The van der Waals surface area contributed by atoms with Crippen LogP contribution in [0.25, 0.3) is 0 Å². The average molecular weight is 261 g/mol. The van der Waals surface area contributed by atoms with Crippen LogP contribution in [-0.2, 0) is 16.0 Å². The molecule has 0 aliphatic carbocycles. The van der Waals surface area contributed by atoms with Crippen LogP contribution in [0.2, 0.25) is 0 Å². The Labute approximate surface area is 115 Å². The van der Waals surface area contributed by atoms with Gasteiger partial charge in [-0.05, 0) is 25.3 Å². The van der Waals surface area contributed by atoms with Crippen molar-refractivity contribution in [2.75, 3.05) is 26.3 Å². The summed E-state index contributed by atoms with van der Waals surface area (Å²) in [6.45, 7) is 7.00.